The van der Waals surface area contributed by atoms with Gasteiger partial charge in [0.15, 0.2) is 5.78 Å². The average molecular weight is 321 g/mol. The quantitative estimate of drug-likeness (QED) is 0.680. The van der Waals surface area contributed by atoms with Gasteiger partial charge in [-0.1, -0.05) is 13.8 Å². The van der Waals surface area contributed by atoms with Gasteiger partial charge in [0, 0.05) is 11.3 Å². The molecular formula is C17H23NO5. The van der Waals surface area contributed by atoms with Gasteiger partial charge in [-0.15, -0.1) is 0 Å². The number of hydrogen-bond donors (Lipinski definition) is 1. The molecule has 1 aromatic rings. The highest BCUT2D eigenvalue weighted by molar-refractivity contribution is 6.12. The van der Waals surface area contributed by atoms with Crippen LogP contribution in [0.2, 0.25) is 0 Å². The minimum absolute atomic E-state index is 0.182. The molecular weight excluding hydrogens is 298 g/mol. The number of fused-ring (bicyclic) bond motifs is 1. The number of rotatable bonds is 4. The Kier molecular flexibility index (Phi) is 4.92. The third kappa shape index (κ3) is 3.02. The summed E-state index contributed by atoms with van der Waals surface area (Å²) < 4.78 is 10.1. The molecule has 1 aromatic heterocycles. The van der Waals surface area contributed by atoms with Gasteiger partial charge in [-0.3, -0.25) is 9.59 Å². The first-order chi connectivity index (χ1) is 10.8. The van der Waals surface area contributed by atoms with Gasteiger partial charge in [0.1, 0.15) is 11.6 Å². The minimum Gasteiger partial charge on any atom is -0.468 e. The van der Waals surface area contributed by atoms with Crippen LogP contribution in [0.25, 0.3) is 0 Å². The zero-order valence-corrected chi connectivity index (χ0v) is 14.2. The summed E-state index contributed by atoms with van der Waals surface area (Å²) in [5.41, 5.74) is 1.95. The first-order valence-corrected chi connectivity index (χ1v) is 7.86. The Labute approximate surface area is 135 Å². The summed E-state index contributed by atoms with van der Waals surface area (Å²) in [6.45, 7) is 7.27. The number of ether oxygens (including phenoxy) is 2. The van der Waals surface area contributed by atoms with Gasteiger partial charge in [0.05, 0.1) is 13.2 Å². The molecule has 0 radical (unpaired) electrons. The number of hydrogen-bond acceptors (Lipinski definition) is 5. The number of aromatic nitrogens is 1. The lowest BCUT2D eigenvalue weighted by atomic mass is 9.77. The van der Waals surface area contributed by atoms with Crippen molar-refractivity contribution in [1.29, 1.82) is 0 Å². The van der Waals surface area contributed by atoms with Crippen LogP contribution < -0.4 is 0 Å². The van der Waals surface area contributed by atoms with E-state index in [0.717, 1.165) is 0 Å². The SMILES string of the molecule is CCC(C)OC(=O)c1[nH]c2c(c1C)C(=O)C(C(=O)OC)C(C)C2. The molecule has 0 bridgehead atoms. The number of ketones is 1. The Bertz CT molecular complexity index is 646. The third-order valence-corrected chi connectivity index (χ3v) is 4.49. The number of carbonyl (C=O) groups is 3. The molecule has 0 fully saturated rings. The fourth-order valence-corrected chi connectivity index (χ4v) is 2.99. The van der Waals surface area contributed by atoms with Crippen LogP contribution in [0.3, 0.4) is 0 Å². The van der Waals surface area contributed by atoms with Crippen molar-refractivity contribution in [2.24, 2.45) is 11.8 Å². The summed E-state index contributed by atoms with van der Waals surface area (Å²) in [4.78, 5) is 39.9. The van der Waals surface area contributed by atoms with Crippen LogP contribution in [-0.4, -0.2) is 35.9 Å². The van der Waals surface area contributed by atoms with Crippen LogP contribution in [0.5, 0.6) is 0 Å². The Morgan fingerprint density at radius 2 is 2.04 bits per heavy atom. The number of H-pyrrole nitrogens is 1. The molecule has 1 heterocycles. The minimum atomic E-state index is -0.819. The van der Waals surface area contributed by atoms with E-state index in [1.807, 2.05) is 20.8 Å². The molecule has 3 unspecified atom stereocenters. The summed E-state index contributed by atoms with van der Waals surface area (Å²) in [6.07, 6.45) is 1.03. The molecule has 2 rings (SSSR count). The fraction of sp³-hybridized carbons (Fsp3) is 0.588. The monoisotopic (exact) mass is 321 g/mol. The first kappa shape index (κ1) is 17.2. The van der Waals surface area contributed by atoms with Gasteiger partial charge >= 0.3 is 11.9 Å². The molecule has 6 heteroatoms. The van der Waals surface area contributed by atoms with E-state index in [-0.39, 0.29) is 17.8 Å². The van der Waals surface area contributed by atoms with Crippen molar-refractivity contribution in [2.45, 2.75) is 46.6 Å². The van der Waals surface area contributed by atoms with Crippen LogP contribution >= 0.6 is 0 Å². The van der Waals surface area contributed by atoms with Crippen LogP contribution in [0.4, 0.5) is 0 Å². The maximum absolute atomic E-state index is 12.7. The highest BCUT2D eigenvalue weighted by Gasteiger charge is 2.41. The van der Waals surface area contributed by atoms with Crippen LogP contribution in [0.15, 0.2) is 0 Å². The van der Waals surface area contributed by atoms with Gasteiger partial charge in [-0.05, 0) is 38.2 Å². The highest BCUT2D eigenvalue weighted by Crippen LogP contribution is 2.34. The molecule has 0 spiro atoms. The van der Waals surface area contributed by atoms with Crippen molar-refractivity contribution >= 4 is 17.7 Å². The summed E-state index contributed by atoms with van der Waals surface area (Å²) in [7, 11) is 1.27. The Morgan fingerprint density at radius 1 is 1.39 bits per heavy atom. The van der Waals surface area contributed by atoms with Crippen LogP contribution in [-0.2, 0) is 20.7 Å². The molecule has 1 aliphatic carbocycles. The highest BCUT2D eigenvalue weighted by atomic mass is 16.5. The van der Waals surface area contributed by atoms with E-state index in [1.165, 1.54) is 7.11 Å². The lowest BCUT2D eigenvalue weighted by molar-refractivity contribution is -0.145. The van der Waals surface area contributed by atoms with E-state index in [0.29, 0.717) is 35.4 Å². The molecule has 126 valence electrons. The molecule has 0 saturated carbocycles. The standard InChI is InChI=1S/C17H23NO5/c1-6-9(3)23-17(21)14-10(4)13-11(18-14)7-8(2)12(15(13)19)16(20)22-5/h8-9,12,18H,6-7H2,1-5H3. The van der Waals surface area contributed by atoms with Crippen LogP contribution in [0, 0.1) is 18.8 Å². The summed E-state index contributed by atoms with van der Waals surface area (Å²) in [5, 5.41) is 0. The second kappa shape index (κ2) is 6.56. The van der Waals surface area contributed by atoms with E-state index >= 15 is 0 Å². The Hall–Kier alpha value is -2.11. The average Bonchev–Trinajstić information content (AvgIpc) is 2.83. The van der Waals surface area contributed by atoms with E-state index in [1.54, 1.807) is 6.92 Å². The topological polar surface area (TPSA) is 85.5 Å². The van der Waals surface area contributed by atoms with Crippen molar-refractivity contribution in [3.05, 3.63) is 22.5 Å². The second-order valence-corrected chi connectivity index (χ2v) is 6.15. The first-order valence-electron chi connectivity index (χ1n) is 7.86. The molecule has 1 aliphatic rings. The Balaban J connectivity index is 2.38. The van der Waals surface area contributed by atoms with Crippen molar-refractivity contribution in [2.75, 3.05) is 7.11 Å². The zero-order valence-electron chi connectivity index (χ0n) is 14.2. The summed E-state index contributed by atoms with van der Waals surface area (Å²) in [5.74, 6) is -2.29. The normalized spacial score (nSPS) is 21.5. The van der Waals surface area contributed by atoms with Gasteiger partial charge in [-0.2, -0.15) is 0 Å². The molecule has 0 aromatic carbocycles. The molecule has 3 atom stereocenters. The van der Waals surface area contributed by atoms with Crippen molar-refractivity contribution < 1.29 is 23.9 Å². The second-order valence-electron chi connectivity index (χ2n) is 6.15. The zero-order chi connectivity index (χ0) is 17.3. The van der Waals surface area contributed by atoms with E-state index in [2.05, 4.69) is 4.98 Å². The molecule has 0 aliphatic heterocycles. The maximum Gasteiger partial charge on any atom is 0.355 e. The molecule has 1 N–H and O–H groups in total. The van der Waals surface area contributed by atoms with Gasteiger partial charge in [0.25, 0.3) is 0 Å². The smallest absolute Gasteiger partial charge is 0.355 e. The van der Waals surface area contributed by atoms with Crippen molar-refractivity contribution in [3.8, 4) is 0 Å². The fourth-order valence-electron chi connectivity index (χ4n) is 2.99. The number of carbonyl (C=O) groups excluding carboxylic acids is 3. The number of nitrogens with one attached hydrogen (secondary N) is 1. The number of esters is 2. The van der Waals surface area contributed by atoms with Gasteiger partial charge < -0.3 is 14.5 Å². The Morgan fingerprint density at radius 3 is 2.61 bits per heavy atom. The summed E-state index contributed by atoms with van der Waals surface area (Å²) in [6, 6.07) is 0. The lowest BCUT2D eigenvalue weighted by Gasteiger charge is -2.25. The largest absolute Gasteiger partial charge is 0.468 e. The predicted octanol–water partition coefficient (Wildman–Crippen LogP) is 2.44. The molecule has 0 saturated heterocycles. The van der Waals surface area contributed by atoms with Gasteiger partial charge in [-0.25, -0.2) is 4.79 Å². The maximum atomic E-state index is 12.7. The van der Waals surface area contributed by atoms with Gasteiger partial charge in [0.2, 0.25) is 0 Å². The predicted molar refractivity (Wildman–Crippen MR) is 83.4 cm³/mol. The molecule has 6 nitrogen and oxygen atoms in total. The number of Topliss-reactive ketones (excluding diaryl/α,β-unsaturated/α-hetero) is 1. The number of methoxy groups -OCH3 is 1. The number of aromatic amines is 1. The van der Waals surface area contributed by atoms with E-state index in [9.17, 15) is 14.4 Å². The van der Waals surface area contributed by atoms with Crippen molar-refractivity contribution in [1.82, 2.24) is 4.98 Å². The van der Waals surface area contributed by atoms with E-state index < -0.39 is 17.9 Å². The third-order valence-electron chi connectivity index (χ3n) is 4.49. The van der Waals surface area contributed by atoms with Crippen molar-refractivity contribution in [3.63, 3.8) is 0 Å². The molecule has 0 amide bonds. The summed E-state index contributed by atoms with van der Waals surface area (Å²) >= 11 is 0. The van der Waals surface area contributed by atoms with E-state index in [4.69, 9.17) is 9.47 Å². The van der Waals surface area contributed by atoms with Crippen LogP contribution in [0.1, 0.15) is 59.3 Å². The molecule has 23 heavy (non-hydrogen) atoms. The lowest BCUT2D eigenvalue weighted by Crippen LogP contribution is -2.36.